The highest BCUT2D eigenvalue weighted by Crippen LogP contribution is 2.39. The number of nitrogens with one attached hydrogen (secondary N) is 1. The summed E-state index contributed by atoms with van der Waals surface area (Å²) in [6.45, 7) is 3.68. The number of benzene rings is 3. The molecule has 1 aromatic heterocycles. The first kappa shape index (κ1) is 23.3. The van der Waals surface area contributed by atoms with Crippen LogP contribution in [0.4, 0.5) is 23.7 Å². The van der Waals surface area contributed by atoms with Crippen LogP contribution < -0.4 is 10.2 Å². The molecule has 6 nitrogen and oxygen atoms in total. The number of carbonyl (C=O) groups excluding carboxylic acids is 1. The molecule has 36 heavy (non-hydrogen) atoms. The minimum atomic E-state index is -4.48. The maximum Gasteiger partial charge on any atom is 0.416 e. The molecule has 0 fully saturated rings. The fraction of sp³-hybridized carbons (Fsp3) is 0.148. The van der Waals surface area contributed by atoms with Gasteiger partial charge < -0.3 is 9.84 Å². The van der Waals surface area contributed by atoms with E-state index >= 15 is 0 Å². The molecule has 5 rings (SSSR count). The lowest BCUT2D eigenvalue weighted by Crippen LogP contribution is -2.46. The summed E-state index contributed by atoms with van der Waals surface area (Å²) < 4.78 is 44.9. The highest BCUT2D eigenvalue weighted by atomic mass is 19.4. The molecule has 1 unspecified atom stereocenters. The van der Waals surface area contributed by atoms with Crippen LogP contribution >= 0.6 is 0 Å². The third kappa shape index (κ3) is 4.35. The highest BCUT2D eigenvalue weighted by Gasteiger charge is 2.37. The molecule has 182 valence electrons. The smallest absolute Gasteiger partial charge is 0.334 e. The first-order chi connectivity index (χ1) is 17.2. The van der Waals surface area contributed by atoms with Gasteiger partial charge in [-0.2, -0.15) is 18.2 Å². The molecule has 0 saturated heterocycles. The highest BCUT2D eigenvalue weighted by molar-refractivity contribution is 6.01. The summed E-state index contributed by atoms with van der Waals surface area (Å²) in [4.78, 5) is 19.1. The van der Waals surface area contributed by atoms with E-state index in [1.165, 1.54) is 17.0 Å². The molecule has 0 aliphatic carbocycles. The van der Waals surface area contributed by atoms with Crippen molar-refractivity contribution in [3.63, 3.8) is 0 Å². The first-order valence-electron chi connectivity index (χ1n) is 11.2. The van der Waals surface area contributed by atoms with Crippen LogP contribution in [0.25, 0.3) is 17.0 Å². The minimum absolute atomic E-state index is 0.203. The Morgan fingerprint density at radius 3 is 2.22 bits per heavy atom. The number of aryl methyl sites for hydroxylation is 1. The molecule has 0 bridgehead atoms. The first-order valence-corrected chi connectivity index (χ1v) is 11.2. The number of hydrogen-bond acceptors (Lipinski definition) is 4. The average Bonchev–Trinajstić information content (AvgIpc) is 3.34. The second-order valence-corrected chi connectivity index (χ2v) is 8.46. The number of amides is 2. The lowest BCUT2D eigenvalue weighted by Gasteiger charge is -2.35. The van der Waals surface area contributed by atoms with Crippen molar-refractivity contribution in [2.75, 3.05) is 4.90 Å². The van der Waals surface area contributed by atoms with Gasteiger partial charge in [-0.05, 0) is 43.7 Å². The fourth-order valence-corrected chi connectivity index (χ4v) is 4.18. The Hall–Kier alpha value is -4.40. The van der Waals surface area contributed by atoms with E-state index in [2.05, 4.69) is 15.5 Å². The van der Waals surface area contributed by atoms with E-state index < -0.39 is 23.8 Å². The topological polar surface area (TPSA) is 71.3 Å². The van der Waals surface area contributed by atoms with E-state index in [9.17, 15) is 18.0 Å². The van der Waals surface area contributed by atoms with Crippen molar-refractivity contribution in [1.82, 2.24) is 15.5 Å². The zero-order valence-electron chi connectivity index (χ0n) is 19.4. The summed E-state index contributed by atoms with van der Waals surface area (Å²) in [6.07, 6.45) is -4.48. The Labute approximate surface area is 205 Å². The van der Waals surface area contributed by atoms with Gasteiger partial charge in [-0.15, -0.1) is 0 Å². The Bertz CT molecular complexity index is 1430. The summed E-state index contributed by atoms with van der Waals surface area (Å²) >= 11 is 0. The van der Waals surface area contributed by atoms with Crippen LogP contribution in [0.3, 0.4) is 0 Å². The minimum Gasteiger partial charge on any atom is -0.334 e. The Balaban J connectivity index is 1.62. The van der Waals surface area contributed by atoms with E-state index in [0.717, 1.165) is 28.8 Å². The van der Waals surface area contributed by atoms with Gasteiger partial charge in [0, 0.05) is 11.3 Å². The van der Waals surface area contributed by atoms with Crippen molar-refractivity contribution in [3.05, 3.63) is 107 Å². The van der Waals surface area contributed by atoms with E-state index in [4.69, 9.17) is 4.52 Å². The average molecular weight is 490 g/mol. The van der Waals surface area contributed by atoms with Gasteiger partial charge in [0.2, 0.25) is 5.82 Å². The van der Waals surface area contributed by atoms with Gasteiger partial charge in [0.25, 0.3) is 5.89 Å². The van der Waals surface area contributed by atoms with Gasteiger partial charge in [-0.1, -0.05) is 65.3 Å². The van der Waals surface area contributed by atoms with E-state index in [0.29, 0.717) is 17.1 Å². The van der Waals surface area contributed by atoms with Gasteiger partial charge in [-0.25, -0.2) is 4.79 Å². The number of halogens is 3. The second kappa shape index (κ2) is 8.99. The van der Waals surface area contributed by atoms with E-state index in [1.807, 2.05) is 61.5 Å². The molecule has 1 aliphatic rings. The summed E-state index contributed by atoms with van der Waals surface area (Å²) in [6, 6.07) is 20.3. The lowest BCUT2D eigenvalue weighted by atomic mass is 9.94. The van der Waals surface area contributed by atoms with Crippen LogP contribution in [0.2, 0.25) is 0 Å². The number of hydrogen-bond donors (Lipinski definition) is 1. The number of rotatable bonds is 4. The fourth-order valence-electron chi connectivity index (χ4n) is 4.18. The molecule has 1 aliphatic heterocycles. The van der Waals surface area contributed by atoms with Crippen LogP contribution in [0, 0.1) is 6.92 Å². The number of carbonyl (C=O) groups is 1. The normalized spacial score (nSPS) is 16.3. The Morgan fingerprint density at radius 1 is 0.917 bits per heavy atom. The Morgan fingerprint density at radius 2 is 1.58 bits per heavy atom. The van der Waals surface area contributed by atoms with Crippen LogP contribution in [0.5, 0.6) is 0 Å². The molecule has 1 N–H and O–H groups in total. The van der Waals surface area contributed by atoms with Crippen molar-refractivity contribution >= 4 is 17.3 Å². The van der Waals surface area contributed by atoms with Gasteiger partial charge in [0.1, 0.15) is 0 Å². The molecule has 2 amide bonds. The molecule has 9 heteroatoms. The standard InChI is InChI=1S/C27H21F3N4O2/c1-16-8-10-19(11-9-16)24-32-25(36-33-24)22-17(2)34(21-14-12-20(13-15-21)27(28,29)30)26(35)31-23(22)18-6-4-3-5-7-18/h3-15,23H,1-2H3,(H,31,35). The molecule has 0 spiro atoms. The molecule has 3 aromatic carbocycles. The van der Waals surface area contributed by atoms with Crippen molar-refractivity contribution < 1.29 is 22.5 Å². The molecular weight excluding hydrogens is 469 g/mol. The SMILES string of the molecule is CC1=C(c2nc(-c3ccc(C)cc3)no2)C(c2ccccc2)NC(=O)N1c1ccc(C(F)(F)F)cc1. The van der Waals surface area contributed by atoms with Crippen LogP contribution in [-0.2, 0) is 6.18 Å². The number of allylic oxidation sites excluding steroid dienone is 1. The molecule has 1 atom stereocenters. The quantitative estimate of drug-likeness (QED) is 0.343. The van der Waals surface area contributed by atoms with Gasteiger partial charge >= 0.3 is 12.2 Å². The van der Waals surface area contributed by atoms with E-state index in [-0.39, 0.29) is 11.6 Å². The molecule has 2 heterocycles. The van der Waals surface area contributed by atoms with E-state index in [1.54, 1.807) is 6.92 Å². The predicted molar refractivity (Wildman–Crippen MR) is 129 cm³/mol. The number of urea groups is 1. The monoisotopic (exact) mass is 490 g/mol. The third-order valence-electron chi connectivity index (χ3n) is 6.04. The molecule has 0 saturated carbocycles. The van der Waals surface area contributed by atoms with Crippen LogP contribution in [0.15, 0.2) is 89.1 Å². The van der Waals surface area contributed by atoms with Crippen molar-refractivity contribution in [2.45, 2.75) is 26.1 Å². The Kier molecular flexibility index (Phi) is 5.83. The van der Waals surface area contributed by atoms with Crippen molar-refractivity contribution in [2.24, 2.45) is 0 Å². The van der Waals surface area contributed by atoms with Gasteiger partial charge in [0.15, 0.2) is 0 Å². The summed E-state index contributed by atoms with van der Waals surface area (Å²) in [5.41, 5.74) is 3.14. The zero-order chi connectivity index (χ0) is 25.4. The van der Waals surface area contributed by atoms with Gasteiger partial charge in [-0.3, -0.25) is 4.90 Å². The number of alkyl halides is 3. The van der Waals surface area contributed by atoms with Crippen molar-refractivity contribution in [3.8, 4) is 11.4 Å². The van der Waals surface area contributed by atoms with Crippen LogP contribution in [0.1, 0.15) is 35.5 Å². The zero-order valence-corrected chi connectivity index (χ0v) is 19.4. The number of aromatic nitrogens is 2. The maximum atomic E-state index is 13.2. The molecular formula is C27H21F3N4O2. The largest absolute Gasteiger partial charge is 0.416 e. The maximum absolute atomic E-state index is 13.2. The molecule has 0 radical (unpaired) electrons. The van der Waals surface area contributed by atoms with Crippen LogP contribution in [-0.4, -0.2) is 16.2 Å². The van der Waals surface area contributed by atoms with Crippen molar-refractivity contribution in [1.29, 1.82) is 0 Å². The summed E-state index contributed by atoms with van der Waals surface area (Å²) in [5.74, 6) is 0.587. The lowest BCUT2D eigenvalue weighted by molar-refractivity contribution is -0.137. The number of anilines is 1. The third-order valence-corrected chi connectivity index (χ3v) is 6.04. The summed E-state index contributed by atoms with van der Waals surface area (Å²) in [5, 5.41) is 7.07. The van der Waals surface area contributed by atoms with Gasteiger partial charge in [0.05, 0.1) is 22.9 Å². The summed E-state index contributed by atoms with van der Waals surface area (Å²) in [7, 11) is 0. The predicted octanol–water partition coefficient (Wildman–Crippen LogP) is 6.77. The molecule has 4 aromatic rings. The number of nitrogens with zero attached hydrogens (tertiary/aromatic N) is 3. The second-order valence-electron chi connectivity index (χ2n) is 8.46.